The molecule has 5 heteroatoms. The number of rotatable bonds is 3. The number of H-pyrrole nitrogens is 1. The van der Waals surface area contributed by atoms with Gasteiger partial charge in [-0.1, -0.05) is 6.07 Å². The van der Waals surface area contributed by atoms with E-state index in [9.17, 15) is 14.0 Å². The average molecular weight is 234 g/mol. The van der Waals surface area contributed by atoms with Gasteiger partial charge in [0.2, 0.25) is 0 Å². The predicted molar refractivity (Wildman–Crippen MR) is 60.7 cm³/mol. The molecular weight excluding hydrogens is 223 g/mol. The Bertz CT molecular complexity index is 613. The number of nitrogens with zero attached hydrogens (tertiary/aromatic N) is 1. The van der Waals surface area contributed by atoms with Gasteiger partial charge in [0.15, 0.2) is 0 Å². The van der Waals surface area contributed by atoms with Gasteiger partial charge in [-0.2, -0.15) is 0 Å². The molecule has 2 rings (SSSR count). The van der Waals surface area contributed by atoms with Crippen LogP contribution in [0.1, 0.15) is 12.6 Å². The van der Waals surface area contributed by atoms with Crippen molar-refractivity contribution in [1.29, 1.82) is 0 Å². The summed E-state index contributed by atoms with van der Waals surface area (Å²) in [5.74, 6) is -0.463. The maximum atomic E-state index is 13.0. The summed E-state index contributed by atoms with van der Waals surface area (Å²) >= 11 is 0. The van der Waals surface area contributed by atoms with Crippen LogP contribution in [0.2, 0.25) is 0 Å². The van der Waals surface area contributed by atoms with E-state index in [-0.39, 0.29) is 17.8 Å². The second-order valence-electron chi connectivity index (χ2n) is 3.81. The van der Waals surface area contributed by atoms with E-state index in [4.69, 9.17) is 0 Å². The topological polar surface area (TPSA) is 54.9 Å². The quantitative estimate of drug-likeness (QED) is 0.873. The van der Waals surface area contributed by atoms with Crippen LogP contribution in [0, 0.1) is 5.82 Å². The highest BCUT2D eigenvalue weighted by atomic mass is 19.1. The SMILES string of the molecule is CC(=O)Cc1cc(=O)n(-c2cccc(F)c2)[nH]1. The third-order valence-electron chi connectivity index (χ3n) is 2.28. The molecule has 0 saturated carbocycles. The highest BCUT2D eigenvalue weighted by molar-refractivity contribution is 5.77. The Morgan fingerprint density at radius 3 is 2.82 bits per heavy atom. The van der Waals surface area contributed by atoms with Gasteiger partial charge in [0, 0.05) is 18.2 Å². The molecule has 0 fully saturated rings. The Labute approximate surface area is 96.7 Å². The van der Waals surface area contributed by atoms with Crippen LogP contribution >= 0.6 is 0 Å². The van der Waals surface area contributed by atoms with E-state index in [0.29, 0.717) is 11.4 Å². The smallest absolute Gasteiger partial charge is 0.271 e. The third kappa shape index (κ3) is 2.50. The molecule has 0 saturated heterocycles. The van der Waals surface area contributed by atoms with Crippen LogP contribution in [0.5, 0.6) is 0 Å². The predicted octanol–water partition coefficient (Wildman–Crippen LogP) is 1.44. The van der Waals surface area contributed by atoms with Gasteiger partial charge in [-0.3, -0.25) is 14.7 Å². The number of hydrogen-bond donors (Lipinski definition) is 1. The first-order valence-electron chi connectivity index (χ1n) is 5.12. The van der Waals surface area contributed by atoms with Gasteiger partial charge in [-0.25, -0.2) is 9.07 Å². The summed E-state index contributed by atoms with van der Waals surface area (Å²) in [6.45, 7) is 1.44. The average Bonchev–Trinajstić information content (AvgIpc) is 2.58. The van der Waals surface area contributed by atoms with Crippen LogP contribution in [-0.4, -0.2) is 15.6 Å². The van der Waals surface area contributed by atoms with Gasteiger partial charge in [-0.15, -0.1) is 0 Å². The second-order valence-corrected chi connectivity index (χ2v) is 3.81. The molecule has 0 aliphatic rings. The normalized spacial score (nSPS) is 10.5. The zero-order chi connectivity index (χ0) is 12.4. The number of nitrogens with one attached hydrogen (secondary N) is 1. The number of ketones is 1. The lowest BCUT2D eigenvalue weighted by atomic mass is 10.2. The summed E-state index contributed by atoms with van der Waals surface area (Å²) in [5, 5.41) is 2.77. The molecule has 1 N–H and O–H groups in total. The zero-order valence-electron chi connectivity index (χ0n) is 9.24. The molecule has 0 bridgehead atoms. The van der Waals surface area contributed by atoms with Crippen molar-refractivity contribution in [2.24, 2.45) is 0 Å². The molecule has 0 spiro atoms. The molecule has 0 aliphatic carbocycles. The monoisotopic (exact) mass is 234 g/mol. The van der Waals surface area contributed by atoms with E-state index in [1.54, 1.807) is 6.07 Å². The van der Waals surface area contributed by atoms with Gasteiger partial charge in [0.05, 0.1) is 5.69 Å². The molecule has 1 aromatic heterocycles. The lowest BCUT2D eigenvalue weighted by molar-refractivity contribution is -0.116. The molecule has 2 aromatic rings. The van der Waals surface area contributed by atoms with Crippen molar-refractivity contribution in [3.05, 3.63) is 52.2 Å². The minimum absolute atomic E-state index is 0.0438. The van der Waals surface area contributed by atoms with Crippen LogP contribution in [0.15, 0.2) is 35.1 Å². The fourth-order valence-electron chi connectivity index (χ4n) is 1.61. The number of carbonyl (C=O) groups is 1. The maximum Gasteiger partial charge on any atom is 0.271 e. The molecule has 0 amide bonds. The van der Waals surface area contributed by atoms with E-state index < -0.39 is 5.82 Å². The lowest BCUT2D eigenvalue weighted by Crippen LogP contribution is -2.13. The Morgan fingerprint density at radius 2 is 2.18 bits per heavy atom. The minimum Gasteiger partial charge on any atom is -0.300 e. The lowest BCUT2D eigenvalue weighted by Gasteiger charge is -2.01. The third-order valence-corrected chi connectivity index (χ3v) is 2.28. The van der Waals surface area contributed by atoms with Crippen molar-refractivity contribution in [3.8, 4) is 5.69 Å². The molecule has 0 radical (unpaired) electrons. The van der Waals surface area contributed by atoms with Gasteiger partial charge in [0.25, 0.3) is 5.56 Å². The number of hydrogen-bond acceptors (Lipinski definition) is 2. The van der Waals surface area contributed by atoms with E-state index in [0.717, 1.165) is 0 Å². The van der Waals surface area contributed by atoms with Gasteiger partial charge >= 0.3 is 0 Å². The first kappa shape index (κ1) is 11.3. The van der Waals surface area contributed by atoms with Crippen LogP contribution in [-0.2, 0) is 11.2 Å². The second kappa shape index (κ2) is 4.37. The Morgan fingerprint density at radius 1 is 1.41 bits per heavy atom. The number of Topliss-reactive ketones (excluding diaryl/α,β-unsaturated/α-hetero) is 1. The van der Waals surface area contributed by atoms with Crippen molar-refractivity contribution < 1.29 is 9.18 Å². The fraction of sp³-hybridized carbons (Fsp3) is 0.167. The van der Waals surface area contributed by atoms with Crippen LogP contribution in [0.3, 0.4) is 0 Å². The van der Waals surface area contributed by atoms with Crippen molar-refractivity contribution in [3.63, 3.8) is 0 Å². The number of aromatic amines is 1. The van der Waals surface area contributed by atoms with Crippen molar-refractivity contribution in [2.75, 3.05) is 0 Å². The van der Waals surface area contributed by atoms with E-state index in [1.807, 2.05) is 0 Å². The maximum absolute atomic E-state index is 13.0. The molecule has 0 atom stereocenters. The molecule has 0 aliphatic heterocycles. The van der Waals surface area contributed by atoms with Gasteiger partial charge < -0.3 is 0 Å². The number of carbonyl (C=O) groups excluding carboxylic acids is 1. The van der Waals surface area contributed by atoms with Crippen LogP contribution in [0.4, 0.5) is 4.39 Å². The largest absolute Gasteiger partial charge is 0.300 e. The molecular formula is C12H11FN2O2. The minimum atomic E-state index is -0.419. The summed E-state index contributed by atoms with van der Waals surface area (Å²) in [5.41, 5.74) is 0.614. The fourth-order valence-corrected chi connectivity index (χ4v) is 1.61. The molecule has 4 nitrogen and oxygen atoms in total. The van der Waals surface area contributed by atoms with Crippen molar-refractivity contribution in [1.82, 2.24) is 9.78 Å². The molecule has 1 heterocycles. The summed E-state index contributed by atoms with van der Waals surface area (Å²) < 4.78 is 14.2. The number of halogens is 1. The summed E-state index contributed by atoms with van der Waals surface area (Å²) in [7, 11) is 0. The highest BCUT2D eigenvalue weighted by Crippen LogP contribution is 2.07. The van der Waals surface area contributed by atoms with Crippen LogP contribution < -0.4 is 5.56 Å². The van der Waals surface area contributed by atoms with E-state index in [2.05, 4.69) is 5.10 Å². The first-order chi connectivity index (χ1) is 8.06. The van der Waals surface area contributed by atoms with E-state index in [1.165, 1.54) is 35.9 Å². The summed E-state index contributed by atoms with van der Waals surface area (Å²) in [6, 6.07) is 7.01. The zero-order valence-corrected chi connectivity index (χ0v) is 9.24. The van der Waals surface area contributed by atoms with E-state index >= 15 is 0 Å². The Hall–Kier alpha value is -2.17. The summed E-state index contributed by atoms with van der Waals surface area (Å²) in [6.07, 6.45) is 0.164. The molecule has 0 unspecified atom stereocenters. The number of benzene rings is 1. The standard InChI is InChI=1S/C12H11FN2O2/c1-8(16)5-10-7-12(17)15(14-10)11-4-2-3-9(13)6-11/h2-4,6-7,14H,5H2,1H3. The molecule has 17 heavy (non-hydrogen) atoms. The van der Waals surface area contributed by atoms with Gasteiger partial charge in [0.1, 0.15) is 11.6 Å². The Kier molecular flexibility index (Phi) is 2.91. The van der Waals surface area contributed by atoms with Crippen molar-refractivity contribution >= 4 is 5.78 Å². The summed E-state index contributed by atoms with van der Waals surface area (Å²) in [4.78, 5) is 22.6. The molecule has 1 aromatic carbocycles. The van der Waals surface area contributed by atoms with Gasteiger partial charge in [-0.05, 0) is 25.1 Å². The van der Waals surface area contributed by atoms with Crippen LogP contribution in [0.25, 0.3) is 5.69 Å². The number of aromatic nitrogens is 2. The Balaban J connectivity index is 2.43. The molecule has 88 valence electrons. The first-order valence-corrected chi connectivity index (χ1v) is 5.12. The highest BCUT2D eigenvalue weighted by Gasteiger charge is 2.07. The van der Waals surface area contributed by atoms with Crippen molar-refractivity contribution in [2.45, 2.75) is 13.3 Å².